The molecule has 0 radical (unpaired) electrons. The number of carbonyl (C=O) groups is 2. The van der Waals surface area contributed by atoms with Crippen LogP contribution in [0.4, 0.5) is 0 Å². The van der Waals surface area contributed by atoms with Gasteiger partial charge >= 0.3 is 0 Å². The van der Waals surface area contributed by atoms with E-state index in [1.165, 1.54) is 7.05 Å². The number of nitrogens with zero attached hydrogens (tertiary/aromatic N) is 1. The van der Waals surface area contributed by atoms with Gasteiger partial charge in [-0.05, 0) is 38.0 Å². The molecule has 0 aliphatic rings. The van der Waals surface area contributed by atoms with Crippen LogP contribution in [-0.4, -0.2) is 31.7 Å². The third-order valence-electron chi connectivity index (χ3n) is 3.07. The maximum atomic E-state index is 12.1. The first-order chi connectivity index (χ1) is 10.5. The molecule has 0 aliphatic carbocycles. The van der Waals surface area contributed by atoms with E-state index >= 15 is 0 Å². The molecule has 2 amide bonds. The predicted molar refractivity (Wildman–Crippen MR) is 81.6 cm³/mol. The normalized spacial score (nSPS) is 11.6. The highest BCUT2D eigenvalue weighted by Crippen LogP contribution is 2.11. The third-order valence-corrected chi connectivity index (χ3v) is 3.07. The first-order valence-electron chi connectivity index (χ1n) is 7.08. The minimum atomic E-state index is -0.839. The fraction of sp³-hybridized carbons (Fsp3) is 0.438. The lowest BCUT2D eigenvalue weighted by molar-refractivity contribution is -0.136. The molecule has 2 N–H and O–H groups in total. The second-order valence-electron chi connectivity index (χ2n) is 5.08. The van der Waals surface area contributed by atoms with Gasteiger partial charge in [0.1, 0.15) is 12.6 Å². The van der Waals surface area contributed by atoms with Crippen molar-refractivity contribution in [3.8, 4) is 6.07 Å². The highest BCUT2D eigenvalue weighted by atomic mass is 16.5. The Morgan fingerprint density at radius 1 is 1.23 bits per heavy atom. The maximum Gasteiger partial charge on any atom is 0.234 e. The molecular formula is C16H21N3O3. The summed E-state index contributed by atoms with van der Waals surface area (Å²) in [5.74, 6) is -1.58. The number of ether oxygens (including phenoxy) is 1. The van der Waals surface area contributed by atoms with Crippen LogP contribution in [0, 0.1) is 17.2 Å². The van der Waals surface area contributed by atoms with Gasteiger partial charge in [0.15, 0.2) is 0 Å². The van der Waals surface area contributed by atoms with Crippen LogP contribution in [0.15, 0.2) is 24.3 Å². The van der Waals surface area contributed by atoms with Gasteiger partial charge in [0.05, 0.1) is 17.7 Å². The highest BCUT2D eigenvalue weighted by molar-refractivity contribution is 6.00. The standard InChI is InChI=1S/C16H21N3O3/c1-11(2)22-10-19-16(21)14(15(20)18-3)8-12-4-6-13(9-17)7-5-12/h4-7,11,14H,8,10H2,1-3H3,(H,18,20)(H,19,21). The van der Waals surface area contributed by atoms with Crippen LogP contribution < -0.4 is 10.6 Å². The van der Waals surface area contributed by atoms with Crippen molar-refractivity contribution in [3.63, 3.8) is 0 Å². The van der Waals surface area contributed by atoms with Crippen LogP contribution in [0.5, 0.6) is 0 Å². The predicted octanol–water partition coefficient (Wildman–Crippen LogP) is 0.962. The quantitative estimate of drug-likeness (QED) is 0.580. The number of rotatable bonds is 7. The Morgan fingerprint density at radius 2 is 1.86 bits per heavy atom. The summed E-state index contributed by atoms with van der Waals surface area (Å²) in [5, 5.41) is 13.9. The van der Waals surface area contributed by atoms with Crippen LogP contribution in [0.1, 0.15) is 25.0 Å². The zero-order chi connectivity index (χ0) is 16.5. The van der Waals surface area contributed by atoms with Gasteiger partial charge in [-0.3, -0.25) is 9.59 Å². The van der Waals surface area contributed by atoms with Crippen molar-refractivity contribution in [2.24, 2.45) is 5.92 Å². The Labute approximate surface area is 130 Å². The summed E-state index contributed by atoms with van der Waals surface area (Å²) < 4.78 is 5.26. The van der Waals surface area contributed by atoms with Crippen molar-refractivity contribution in [2.75, 3.05) is 13.8 Å². The molecule has 1 aromatic rings. The summed E-state index contributed by atoms with van der Waals surface area (Å²) in [7, 11) is 1.49. The molecule has 0 aliphatic heterocycles. The van der Waals surface area contributed by atoms with Gasteiger partial charge in [-0.1, -0.05) is 12.1 Å². The van der Waals surface area contributed by atoms with Gasteiger partial charge in [0.2, 0.25) is 11.8 Å². The fourth-order valence-corrected chi connectivity index (χ4v) is 1.83. The van der Waals surface area contributed by atoms with E-state index in [2.05, 4.69) is 10.6 Å². The smallest absolute Gasteiger partial charge is 0.234 e. The van der Waals surface area contributed by atoms with E-state index in [0.717, 1.165) is 5.56 Å². The molecule has 1 atom stereocenters. The Bertz CT molecular complexity index is 547. The fourth-order valence-electron chi connectivity index (χ4n) is 1.83. The van der Waals surface area contributed by atoms with Crippen molar-refractivity contribution >= 4 is 11.8 Å². The average molecular weight is 303 g/mol. The molecule has 0 bridgehead atoms. The van der Waals surface area contributed by atoms with Gasteiger partial charge in [-0.2, -0.15) is 5.26 Å². The molecule has 1 unspecified atom stereocenters. The number of hydrogen-bond acceptors (Lipinski definition) is 4. The molecule has 0 saturated carbocycles. The average Bonchev–Trinajstić information content (AvgIpc) is 2.51. The number of hydrogen-bond donors (Lipinski definition) is 2. The topological polar surface area (TPSA) is 91.2 Å². The summed E-state index contributed by atoms with van der Waals surface area (Å²) in [5.41, 5.74) is 1.35. The molecule has 0 aromatic heterocycles. The molecule has 0 heterocycles. The van der Waals surface area contributed by atoms with Gasteiger partial charge in [0.25, 0.3) is 0 Å². The molecule has 22 heavy (non-hydrogen) atoms. The third kappa shape index (κ3) is 5.54. The summed E-state index contributed by atoms with van der Waals surface area (Å²) in [4.78, 5) is 24.1. The van der Waals surface area contributed by atoms with Gasteiger partial charge in [-0.25, -0.2) is 0 Å². The second-order valence-corrected chi connectivity index (χ2v) is 5.08. The van der Waals surface area contributed by atoms with Crippen LogP contribution >= 0.6 is 0 Å². The summed E-state index contributed by atoms with van der Waals surface area (Å²) in [6.45, 7) is 3.79. The van der Waals surface area contributed by atoms with Crippen molar-refractivity contribution in [2.45, 2.75) is 26.4 Å². The van der Waals surface area contributed by atoms with Crippen molar-refractivity contribution < 1.29 is 14.3 Å². The van der Waals surface area contributed by atoms with Crippen molar-refractivity contribution in [3.05, 3.63) is 35.4 Å². The van der Waals surface area contributed by atoms with E-state index in [1.54, 1.807) is 24.3 Å². The molecule has 0 spiro atoms. The second kappa shape index (κ2) is 8.80. The van der Waals surface area contributed by atoms with Gasteiger partial charge in [-0.15, -0.1) is 0 Å². The highest BCUT2D eigenvalue weighted by Gasteiger charge is 2.25. The Morgan fingerprint density at radius 3 is 2.36 bits per heavy atom. The Kier molecular flexibility index (Phi) is 7.06. The molecule has 0 fully saturated rings. The molecule has 6 nitrogen and oxygen atoms in total. The summed E-state index contributed by atoms with van der Waals surface area (Å²) in [6.07, 6.45) is 0.260. The zero-order valence-corrected chi connectivity index (χ0v) is 13.1. The van der Waals surface area contributed by atoms with E-state index < -0.39 is 5.92 Å². The van der Waals surface area contributed by atoms with Gasteiger partial charge < -0.3 is 15.4 Å². The number of amides is 2. The van der Waals surface area contributed by atoms with E-state index in [9.17, 15) is 9.59 Å². The Balaban J connectivity index is 2.73. The Hall–Kier alpha value is -2.39. The minimum absolute atomic E-state index is 0.00252. The molecule has 118 valence electrons. The van der Waals surface area contributed by atoms with E-state index in [-0.39, 0.29) is 31.1 Å². The molecule has 1 rings (SSSR count). The monoisotopic (exact) mass is 303 g/mol. The van der Waals surface area contributed by atoms with Crippen molar-refractivity contribution in [1.82, 2.24) is 10.6 Å². The van der Waals surface area contributed by atoms with Crippen LogP contribution in [-0.2, 0) is 20.7 Å². The van der Waals surface area contributed by atoms with Crippen LogP contribution in [0.25, 0.3) is 0 Å². The van der Waals surface area contributed by atoms with Crippen LogP contribution in [0.3, 0.4) is 0 Å². The summed E-state index contributed by atoms with van der Waals surface area (Å²) >= 11 is 0. The SMILES string of the molecule is CNC(=O)C(Cc1ccc(C#N)cc1)C(=O)NCOC(C)C. The van der Waals surface area contributed by atoms with Crippen molar-refractivity contribution in [1.29, 1.82) is 5.26 Å². The number of benzene rings is 1. The largest absolute Gasteiger partial charge is 0.359 e. The molecule has 6 heteroatoms. The molecular weight excluding hydrogens is 282 g/mol. The lowest BCUT2D eigenvalue weighted by Crippen LogP contribution is -2.42. The number of carbonyl (C=O) groups excluding carboxylic acids is 2. The van der Waals surface area contributed by atoms with E-state index in [0.29, 0.717) is 5.56 Å². The van der Waals surface area contributed by atoms with E-state index in [1.807, 2.05) is 19.9 Å². The van der Waals surface area contributed by atoms with Crippen LogP contribution in [0.2, 0.25) is 0 Å². The zero-order valence-electron chi connectivity index (χ0n) is 13.1. The van der Waals surface area contributed by atoms with E-state index in [4.69, 9.17) is 10.00 Å². The summed E-state index contributed by atoms with van der Waals surface area (Å²) in [6, 6.07) is 8.84. The lowest BCUT2D eigenvalue weighted by atomic mass is 9.97. The minimum Gasteiger partial charge on any atom is -0.359 e. The first-order valence-corrected chi connectivity index (χ1v) is 7.08. The lowest BCUT2D eigenvalue weighted by Gasteiger charge is -2.16. The van der Waals surface area contributed by atoms with Gasteiger partial charge in [0, 0.05) is 7.05 Å². The maximum absolute atomic E-state index is 12.1. The molecule has 1 aromatic carbocycles. The molecule has 0 saturated heterocycles. The first kappa shape index (κ1) is 17.7. The number of nitriles is 1. The number of nitrogens with one attached hydrogen (secondary N) is 2.